The fourth-order valence-electron chi connectivity index (χ4n) is 2.95. The van der Waals surface area contributed by atoms with Gasteiger partial charge in [-0.1, -0.05) is 30.1 Å². The molecular weight excluding hydrogens is 385 g/mol. The van der Waals surface area contributed by atoms with Gasteiger partial charge in [0, 0.05) is 24.0 Å². The maximum absolute atomic E-state index is 12.7. The number of benzene rings is 1. The van der Waals surface area contributed by atoms with E-state index in [1.165, 1.54) is 0 Å². The van der Waals surface area contributed by atoms with Gasteiger partial charge < -0.3 is 15.5 Å². The van der Waals surface area contributed by atoms with E-state index in [4.69, 9.17) is 23.2 Å². The molecule has 25 heavy (non-hydrogen) atoms. The highest BCUT2D eigenvalue weighted by molar-refractivity contribution is 6.36. The summed E-state index contributed by atoms with van der Waals surface area (Å²) in [5.41, 5.74) is 0.507. The summed E-state index contributed by atoms with van der Waals surface area (Å²) in [6.07, 6.45) is 2.51. The fraction of sp³-hybridized carbons (Fsp3) is 0.529. The molecular formula is C17H24Cl3N3O2. The van der Waals surface area contributed by atoms with E-state index in [0.29, 0.717) is 35.2 Å². The molecule has 1 heterocycles. The minimum Gasteiger partial charge on any atom is -0.330 e. The van der Waals surface area contributed by atoms with Gasteiger partial charge in [0.2, 0.25) is 11.8 Å². The summed E-state index contributed by atoms with van der Waals surface area (Å²) >= 11 is 12.0. The molecule has 2 atom stereocenters. The van der Waals surface area contributed by atoms with Crippen molar-refractivity contribution in [2.75, 3.05) is 25.5 Å². The minimum atomic E-state index is -0.461. The lowest BCUT2D eigenvalue weighted by Crippen LogP contribution is -2.52. The predicted molar refractivity (Wildman–Crippen MR) is 105 cm³/mol. The van der Waals surface area contributed by atoms with Crippen LogP contribution >= 0.6 is 35.6 Å². The molecule has 2 amide bonds. The highest BCUT2D eigenvalue weighted by Gasteiger charge is 2.34. The molecule has 0 radical (unpaired) electrons. The van der Waals surface area contributed by atoms with Crippen LogP contribution in [0.25, 0.3) is 0 Å². The van der Waals surface area contributed by atoms with E-state index in [9.17, 15) is 9.59 Å². The lowest BCUT2D eigenvalue weighted by Gasteiger charge is -2.36. The van der Waals surface area contributed by atoms with Crippen molar-refractivity contribution in [3.8, 4) is 0 Å². The Kier molecular flexibility index (Phi) is 9.00. The lowest BCUT2D eigenvalue weighted by molar-refractivity contribution is -0.143. The number of hydrogen-bond acceptors (Lipinski definition) is 3. The van der Waals surface area contributed by atoms with E-state index in [1.807, 2.05) is 14.0 Å². The molecule has 1 aliphatic rings. The van der Waals surface area contributed by atoms with E-state index in [2.05, 4.69) is 10.6 Å². The number of halogens is 3. The molecule has 5 nitrogen and oxygen atoms in total. The summed E-state index contributed by atoms with van der Waals surface area (Å²) in [4.78, 5) is 27.0. The van der Waals surface area contributed by atoms with Crippen molar-refractivity contribution in [3.05, 3.63) is 28.2 Å². The summed E-state index contributed by atoms with van der Waals surface area (Å²) in [5.74, 6) is -0.363. The number of rotatable bonds is 5. The largest absolute Gasteiger partial charge is 0.330 e. The molecule has 0 saturated carbocycles. The first-order valence-electron chi connectivity index (χ1n) is 8.15. The zero-order valence-electron chi connectivity index (χ0n) is 14.4. The van der Waals surface area contributed by atoms with Crippen LogP contribution < -0.4 is 10.6 Å². The van der Waals surface area contributed by atoms with Gasteiger partial charge in [0.15, 0.2) is 0 Å². The maximum atomic E-state index is 12.7. The van der Waals surface area contributed by atoms with Gasteiger partial charge in [-0.3, -0.25) is 9.59 Å². The van der Waals surface area contributed by atoms with Crippen molar-refractivity contribution < 1.29 is 9.59 Å². The van der Waals surface area contributed by atoms with Crippen molar-refractivity contribution in [1.82, 2.24) is 10.2 Å². The molecule has 1 aromatic carbocycles. The van der Waals surface area contributed by atoms with Crippen molar-refractivity contribution in [2.45, 2.75) is 32.2 Å². The minimum absolute atomic E-state index is 0. The average Bonchev–Trinajstić information content (AvgIpc) is 2.57. The van der Waals surface area contributed by atoms with Crippen LogP contribution in [-0.2, 0) is 9.59 Å². The molecule has 0 spiro atoms. The first-order chi connectivity index (χ1) is 11.4. The number of anilines is 1. The van der Waals surface area contributed by atoms with Crippen molar-refractivity contribution in [2.24, 2.45) is 5.92 Å². The Morgan fingerprint density at radius 3 is 2.68 bits per heavy atom. The molecule has 140 valence electrons. The van der Waals surface area contributed by atoms with Crippen molar-refractivity contribution in [1.29, 1.82) is 0 Å². The quantitative estimate of drug-likeness (QED) is 0.782. The topological polar surface area (TPSA) is 61.4 Å². The second-order valence-electron chi connectivity index (χ2n) is 6.12. The van der Waals surface area contributed by atoms with Gasteiger partial charge in [0.05, 0.1) is 10.7 Å². The fourth-order valence-corrected chi connectivity index (χ4v) is 3.41. The zero-order chi connectivity index (χ0) is 17.7. The van der Waals surface area contributed by atoms with Gasteiger partial charge in [0.25, 0.3) is 0 Å². The molecule has 2 N–H and O–H groups in total. The Hall–Kier alpha value is -1.01. The molecule has 2 rings (SSSR count). The molecule has 0 aliphatic carbocycles. The van der Waals surface area contributed by atoms with Crippen molar-refractivity contribution in [3.63, 3.8) is 0 Å². The second-order valence-corrected chi connectivity index (χ2v) is 6.96. The van der Waals surface area contributed by atoms with E-state index >= 15 is 0 Å². The number of carbonyl (C=O) groups excluding carboxylic acids is 2. The standard InChI is InChI=1S/C17H23Cl2N3O2.ClH/c1-11(10-20-2)17(24)22-8-4-3-5-15(22)16(23)21-14-7-6-12(18)9-13(14)19;/h6-7,9,11,15,20H,3-5,8,10H2,1-2H3,(H,21,23);1H. The van der Waals surface area contributed by atoms with Gasteiger partial charge in [-0.25, -0.2) is 0 Å². The van der Waals surface area contributed by atoms with Crippen LogP contribution in [0.5, 0.6) is 0 Å². The van der Waals surface area contributed by atoms with Gasteiger partial charge in [-0.05, 0) is 44.5 Å². The van der Waals surface area contributed by atoms with E-state index in [-0.39, 0.29) is 30.1 Å². The Balaban J connectivity index is 0.00000312. The molecule has 1 aromatic rings. The van der Waals surface area contributed by atoms with Gasteiger partial charge >= 0.3 is 0 Å². The van der Waals surface area contributed by atoms with Crippen LogP contribution in [0, 0.1) is 5.92 Å². The zero-order valence-corrected chi connectivity index (χ0v) is 16.7. The molecule has 2 unspecified atom stereocenters. The highest BCUT2D eigenvalue weighted by Crippen LogP contribution is 2.27. The van der Waals surface area contributed by atoms with Gasteiger partial charge in [-0.2, -0.15) is 0 Å². The third kappa shape index (κ3) is 5.74. The van der Waals surface area contributed by atoms with E-state index in [1.54, 1.807) is 23.1 Å². The molecule has 1 saturated heterocycles. The normalized spacial score (nSPS) is 18.2. The van der Waals surface area contributed by atoms with E-state index in [0.717, 1.165) is 12.8 Å². The first kappa shape index (κ1) is 22.0. The van der Waals surface area contributed by atoms with Crippen LogP contribution in [0.1, 0.15) is 26.2 Å². The Labute approximate surface area is 164 Å². The Bertz CT molecular complexity index is 613. The molecule has 0 aromatic heterocycles. The van der Waals surface area contributed by atoms with E-state index < -0.39 is 6.04 Å². The van der Waals surface area contributed by atoms with Crippen LogP contribution in [0.15, 0.2) is 18.2 Å². The van der Waals surface area contributed by atoms with Crippen molar-refractivity contribution >= 4 is 53.1 Å². The monoisotopic (exact) mass is 407 g/mol. The lowest BCUT2D eigenvalue weighted by atomic mass is 9.98. The molecule has 1 fully saturated rings. The summed E-state index contributed by atoms with van der Waals surface area (Å²) in [6.45, 7) is 3.07. The van der Waals surface area contributed by atoms with Crippen LogP contribution in [0.2, 0.25) is 10.0 Å². The summed E-state index contributed by atoms with van der Waals surface area (Å²) in [5, 5.41) is 6.72. The number of nitrogens with zero attached hydrogens (tertiary/aromatic N) is 1. The highest BCUT2D eigenvalue weighted by atomic mass is 35.5. The Morgan fingerprint density at radius 1 is 1.32 bits per heavy atom. The molecule has 8 heteroatoms. The van der Waals surface area contributed by atoms with Gasteiger partial charge in [0.1, 0.15) is 6.04 Å². The smallest absolute Gasteiger partial charge is 0.247 e. The second kappa shape index (κ2) is 10.2. The third-order valence-corrected chi connectivity index (χ3v) is 4.76. The first-order valence-corrected chi connectivity index (χ1v) is 8.90. The summed E-state index contributed by atoms with van der Waals surface area (Å²) in [7, 11) is 1.81. The summed E-state index contributed by atoms with van der Waals surface area (Å²) in [6, 6.07) is 4.46. The van der Waals surface area contributed by atoms with Crippen LogP contribution in [0.3, 0.4) is 0 Å². The number of hydrogen-bond donors (Lipinski definition) is 2. The van der Waals surface area contributed by atoms with Gasteiger partial charge in [-0.15, -0.1) is 12.4 Å². The number of nitrogens with one attached hydrogen (secondary N) is 2. The Morgan fingerprint density at radius 2 is 2.04 bits per heavy atom. The number of carbonyl (C=O) groups is 2. The number of amides is 2. The molecule has 1 aliphatic heterocycles. The van der Waals surface area contributed by atoms with Crippen LogP contribution in [0.4, 0.5) is 5.69 Å². The average molecular weight is 409 g/mol. The van der Waals surface area contributed by atoms with Crippen LogP contribution in [-0.4, -0.2) is 42.9 Å². The number of likely N-dealkylation sites (tertiary alicyclic amines) is 1. The molecule has 0 bridgehead atoms. The summed E-state index contributed by atoms with van der Waals surface area (Å²) < 4.78 is 0. The maximum Gasteiger partial charge on any atom is 0.247 e. The third-order valence-electron chi connectivity index (χ3n) is 4.21. The predicted octanol–water partition coefficient (Wildman–Crippen LogP) is 3.59. The number of piperidine rings is 1. The SMILES string of the molecule is CNCC(C)C(=O)N1CCCCC1C(=O)Nc1ccc(Cl)cc1Cl.Cl.